The zero-order chi connectivity index (χ0) is 40.5. The molecule has 0 amide bonds. The molecule has 4 fully saturated rings. The number of carbonyl (C=O) groups excluding carboxylic acids is 1. The highest BCUT2D eigenvalue weighted by atomic mass is 16.7. The van der Waals surface area contributed by atoms with Crippen molar-refractivity contribution in [2.45, 2.75) is 207 Å². The van der Waals surface area contributed by atoms with Crippen molar-refractivity contribution in [2.75, 3.05) is 6.61 Å². The largest absolute Gasteiger partial charge is 0.463 e. The molecule has 1 heterocycles. The highest BCUT2D eigenvalue weighted by Gasteiger charge is 2.59. The lowest BCUT2D eigenvalue weighted by Crippen LogP contribution is -2.60. The summed E-state index contributed by atoms with van der Waals surface area (Å²) in [4.78, 5) is 12.6. The molecule has 4 aliphatic carbocycles. The monoisotopic (exact) mass is 783 g/mol. The van der Waals surface area contributed by atoms with E-state index in [1.54, 1.807) is 0 Å². The molecule has 5 rings (SSSR count). The highest BCUT2D eigenvalue weighted by molar-refractivity contribution is 5.69. The quantitative estimate of drug-likeness (QED) is 0.0641. The van der Waals surface area contributed by atoms with Crippen LogP contribution >= 0.6 is 0 Å². The Morgan fingerprint density at radius 3 is 2.30 bits per heavy atom. The minimum Gasteiger partial charge on any atom is -0.463 e. The number of esters is 1. The van der Waals surface area contributed by atoms with E-state index in [0.717, 1.165) is 75.5 Å². The number of allylic oxidation sites excluding steroid dienone is 5. The van der Waals surface area contributed by atoms with E-state index in [0.29, 0.717) is 35.5 Å². The number of aliphatic hydroxyl groups excluding tert-OH is 3. The van der Waals surface area contributed by atoms with Crippen molar-refractivity contribution in [3.05, 3.63) is 36.0 Å². The molecule has 3 saturated carbocycles. The first-order valence-electron chi connectivity index (χ1n) is 23.3. The molecule has 3 N–H and O–H groups in total. The number of hydrogen-bond donors (Lipinski definition) is 3. The molecule has 14 atom stereocenters. The van der Waals surface area contributed by atoms with E-state index < -0.39 is 30.7 Å². The molecule has 7 heteroatoms. The van der Waals surface area contributed by atoms with E-state index in [9.17, 15) is 20.1 Å². The number of rotatable bonds is 20. The van der Waals surface area contributed by atoms with Crippen molar-refractivity contribution in [3.8, 4) is 0 Å². The molecule has 0 aromatic heterocycles. The zero-order valence-electron chi connectivity index (χ0n) is 36.5. The zero-order valence-corrected chi connectivity index (χ0v) is 36.5. The van der Waals surface area contributed by atoms with Gasteiger partial charge in [-0.3, -0.25) is 4.79 Å². The second-order valence-electron chi connectivity index (χ2n) is 19.8. The predicted octanol–water partition coefficient (Wildman–Crippen LogP) is 10.7. The fraction of sp³-hybridized carbons (Fsp3) is 0.857. The van der Waals surface area contributed by atoms with Crippen LogP contribution in [0.3, 0.4) is 0 Å². The molecular formula is C49H82O7. The van der Waals surface area contributed by atoms with Crippen molar-refractivity contribution >= 4 is 5.97 Å². The standard InChI is InChI=1S/C49H82O7/c1-8-9-10-11-12-13-14-15-16-17-18-19-20-43(50)54-32-42-44(51)45(52)46(53)47(56-42)55-37-27-29-48(6)36(31-37)23-24-38-40-26-25-39(49(40,7)30-28-41(38)48)35(5)22-21-34(4)33(2)3/h12-13,21-23,33-35,37-42,44-47,51-53H,8-11,14-20,24-32H2,1-7H3/b13-12-,22-21+. The van der Waals surface area contributed by atoms with Gasteiger partial charge in [0.05, 0.1) is 6.10 Å². The lowest BCUT2D eigenvalue weighted by Gasteiger charge is -2.58. The minimum absolute atomic E-state index is 0.149. The molecule has 0 aromatic rings. The van der Waals surface area contributed by atoms with Crippen LogP contribution in [-0.4, -0.2) is 64.7 Å². The summed E-state index contributed by atoms with van der Waals surface area (Å²) >= 11 is 0. The minimum atomic E-state index is -1.45. The van der Waals surface area contributed by atoms with Crippen LogP contribution in [0.1, 0.15) is 170 Å². The van der Waals surface area contributed by atoms with Crippen molar-refractivity contribution in [2.24, 2.45) is 52.3 Å². The summed E-state index contributed by atoms with van der Waals surface area (Å²) in [5, 5.41) is 32.4. The van der Waals surface area contributed by atoms with E-state index in [2.05, 4.69) is 78.8 Å². The SMILES string of the molecule is CCCCC/C=C\CCCCCCCC(=O)OCC1OC(OC2CCC3(C)C(=CCC4C3CCC3(C)C(C(C)/C=C/C(C)C(C)C)CCC43)C2)C(O)C(O)C1O. The summed E-state index contributed by atoms with van der Waals surface area (Å²) in [5.74, 6) is 4.53. The van der Waals surface area contributed by atoms with Crippen LogP contribution in [-0.2, 0) is 19.0 Å². The van der Waals surface area contributed by atoms with E-state index >= 15 is 0 Å². The number of hydrogen-bond acceptors (Lipinski definition) is 7. The number of ether oxygens (including phenoxy) is 3. The maximum absolute atomic E-state index is 12.6. The van der Waals surface area contributed by atoms with Crippen LogP contribution in [0.15, 0.2) is 36.0 Å². The summed E-state index contributed by atoms with van der Waals surface area (Å²) in [5.41, 5.74) is 2.05. The van der Waals surface area contributed by atoms with Crippen LogP contribution in [0.25, 0.3) is 0 Å². The Kier molecular flexibility index (Phi) is 17.2. The highest BCUT2D eigenvalue weighted by Crippen LogP contribution is 2.67. The van der Waals surface area contributed by atoms with Gasteiger partial charge < -0.3 is 29.5 Å². The first-order valence-corrected chi connectivity index (χ1v) is 23.3. The Morgan fingerprint density at radius 1 is 0.857 bits per heavy atom. The van der Waals surface area contributed by atoms with Gasteiger partial charge in [-0.05, 0) is 136 Å². The summed E-state index contributed by atoms with van der Waals surface area (Å²) in [6.07, 6.45) is 26.5. The molecule has 0 radical (unpaired) electrons. The number of carbonyl (C=O) groups is 1. The van der Waals surface area contributed by atoms with Gasteiger partial charge in [-0.2, -0.15) is 0 Å². The third kappa shape index (κ3) is 11.0. The van der Waals surface area contributed by atoms with Crippen LogP contribution in [0.5, 0.6) is 0 Å². The average Bonchev–Trinajstić information content (AvgIpc) is 3.54. The van der Waals surface area contributed by atoms with Gasteiger partial charge in [0.2, 0.25) is 0 Å². The summed E-state index contributed by atoms with van der Waals surface area (Å²) < 4.78 is 18.0. The maximum atomic E-state index is 12.6. The predicted molar refractivity (Wildman–Crippen MR) is 226 cm³/mol. The van der Waals surface area contributed by atoms with E-state index in [1.165, 1.54) is 63.4 Å². The Balaban J connectivity index is 1.07. The third-order valence-electron chi connectivity index (χ3n) is 15.8. The molecular weight excluding hydrogens is 701 g/mol. The normalized spacial score (nSPS) is 38.3. The number of unbranched alkanes of at least 4 members (excludes halogenated alkanes) is 8. The lowest BCUT2D eigenvalue weighted by molar-refractivity contribution is -0.313. The van der Waals surface area contributed by atoms with Crippen LogP contribution < -0.4 is 0 Å². The molecule has 0 aromatic carbocycles. The van der Waals surface area contributed by atoms with E-state index in [1.807, 2.05) is 0 Å². The average molecular weight is 783 g/mol. The molecule has 0 spiro atoms. The number of aliphatic hydroxyl groups is 3. The molecule has 1 saturated heterocycles. The second-order valence-corrected chi connectivity index (χ2v) is 19.8. The van der Waals surface area contributed by atoms with Crippen molar-refractivity contribution in [3.63, 3.8) is 0 Å². The van der Waals surface area contributed by atoms with Gasteiger partial charge in [-0.15, -0.1) is 0 Å². The van der Waals surface area contributed by atoms with Crippen LogP contribution in [0.2, 0.25) is 0 Å². The second kappa shape index (κ2) is 21.1. The molecule has 320 valence electrons. The van der Waals surface area contributed by atoms with Gasteiger partial charge in [0, 0.05) is 6.42 Å². The molecule has 7 nitrogen and oxygen atoms in total. The first kappa shape index (κ1) is 45.6. The third-order valence-corrected chi connectivity index (χ3v) is 15.8. The van der Waals surface area contributed by atoms with E-state index in [-0.39, 0.29) is 24.1 Å². The Morgan fingerprint density at radius 2 is 1.57 bits per heavy atom. The number of fused-ring (bicyclic) bond motifs is 5. The summed E-state index contributed by atoms with van der Waals surface area (Å²) in [6.45, 7) is 16.6. The molecule has 56 heavy (non-hydrogen) atoms. The van der Waals surface area contributed by atoms with Crippen LogP contribution in [0, 0.1) is 52.3 Å². The molecule has 0 bridgehead atoms. The van der Waals surface area contributed by atoms with Crippen molar-refractivity contribution in [1.82, 2.24) is 0 Å². The van der Waals surface area contributed by atoms with Crippen molar-refractivity contribution < 1.29 is 34.3 Å². The van der Waals surface area contributed by atoms with Gasteiger partial charge in [0.25, 0.3) is 0 Å². The van der Waals surface area contributed by atoms with Gasteiger partial charge in [-0.1, -0.05) is 117 Å². The fourth-order valence-corrected chi connectivity index (χ4v) is 11.8. The Bertz CT molecular complexity index is 1310. The van der Waals surface area contributed by atoms with Gasteiger partial charge >= 0.3 is 5.97 Å². The molecule has 5 aliphatic rings. The van der Waals surface area contributed by atoms with E-state index in [4.69, 9.17) is 14.2 Å². The van der Waals surface area contributed by atoms with Crippen molar-refractivity contribution in [1.29, 1.82) is 0 Å². The smallest absolute Gasteiger partial charge is 0.305 e. The maximum Gasteiger partial charge on any atom is 0.305 e. The Hall–Kier alpha value is -1.51. The van der Waals surface area contributed by atoms with Gasteiger partial charge in [0.1, 0.15) is 31.0 Å². The van der Waals surface area contributed by atoms with Crippen LogP contribution in [0.4, 0.5) is 0 Å². The first-order chi connectivity index (χ1) is 26.8. The fourth-order valence-electron chi connectivity index (χ4n) is 11.8. The molecule has 14 unspecified atom stereocenters. The Labute approximate surface area is 341 Å². The van der Waals surface area contributed by atoms with Gasteiger partial charge in [-0.25, -0.2) is 0 Å². The van der Waals surface area contributed by atoms with Gasteiger partial charge in [0.15, 0.2) is 6.29 Å². The summed E-state index contributed by atoms with van der Waals surface area (Å²) in [6, 6.07) is 0. The molecule has 1 aliphatic heterocycles. The topological polar surface area (TPSA) is 105 Å². The summed E-state index contributed by atoms with van der Waals surface area (Å²) in [7, 11) is 0. The lowest BCUT2D eigenvalue weighted by atomic mass is 9.47.